The number of rotatable bonds is 3. The van der Waals surface area contributed by atoms with Crippen molar-refractivity contribution in [3.8, 4) is 0 Å². The topological polar surface area (TPSA) is 63.5 Å². The van der Waals surface area contributed by atoms with Gasteiger partial charge in [-0.1, -0.05) is 41.4 Å². The lowest BCUT2D eigenvalue weighted by atomic mass is 10.2. The van der Waals surface area contributed by atoms with Crippen LogP contribution in [0.2, 0.25) is 10.0 Å². The summed E-state index contributed by atoms with van der Waals surface area (Å²) in [4.78, 5) is 30.0. The van der Waals surface area contributed by atoms with Crippen LogP contribution in [0, 0.1) is 0 Å². The molecule has 0 spiro atoms. The first-order valence-corrected chi connectivity index (χ1v) is 8.92. The van der Waals surface area contributed by atoms with Gasteiger partial charge in [-0.2, -0.15) is 0 Å². The zero-order valence-corrected chi connectivity index (χ0v) is 15.5. The van der Waals surface area contributed by atoms with Crippen molar-refractivity contribution in [2.75, 3.05) is 0 Å². The highest BCUT2D eigenvalue weighted by Crippen LogP contribution is 2.18. The molecule has 0 aliphatic carbocycles. The molecule has 0 unspecified atom stereocenters. The first kappa shape index (κ1) is 17.5. The van der Waals surface area contributed by atoms with Gasteiger partial charge < -0.3 is 5.32 Å². The third-order valence-electron chi connectivity index (χ3n) is 4.24. The van der Waals surface area contributed by atoms with Crippen molar-refractivity contribution in [2.24, 2.45) is 0 Å². The Kier molecular flexibility index (Phi) is 4.56. The molecular formula is C20H13Cl2N3O2. The van der Waals surface area contributed by atoms with Crippen molar-refractivity contribution in [3.05, 3.63) is 92.3 Å². The molecule has 0 fully saturated rings. The van der Waals surface area contributed by atoms with Crippen LogP contribution < -0.4 is 10.9 Å². The number of aromatic nitrogens is 2. The van der Waals surface area contributed by atoms with Crippen molar-refractivity contribution < 1.29 is 4.79 Å². The van der Waals surface area contributed by atoms with Crippen molar-refractivity contribution in [2.45, 2.75) is 6.54 Å². The number of hydrogen-bond donors (Lipinski definition) is 1. The Bertz CT molecular complexity index is 1250. The van der Waals surface area contributed by atoms with Gasteiger partial charge in [0.25, 0.3) is 11.5 Å². The maximum absolute atomic E-state index is 12.8. The van der Waals surface area contributed by atoms with Crippen LogP contribution in [0.15, 0.2) is 65.6 Å². The summed E-state index contributed by atoms with van der Waals surface area (Å²) in [6, 6.07) is 15.4. The van der Waals surface area contributed by atoms with Crippen LogP contribution in [-0.2, 0) is 6.54 Å². The molecule has 134 valence electrons. The second kappa shape index (κ2) is 7.02. The lowest BCUT2D eigenvalue weighted by molar-refractivity contribution is 0.0952. The molecule has 2 aromatic carbocycles. The van der Waals surface area contributed by atoms with E-state index in [4.69, 9.17) is 23.2 Å². The lowest BCUT2D eigenvalue weighted by Gasteiger charge is -2.10. The minimum atomic E-state index is -0.340. The van der Waals surface area contributed by atoms with Gasteiger partial charge in [0.2, 0.25) is 0 Å². The van der Waals surface area contributed by atoms with Gasteiger partial charge in [-0.3, -0.25) is 14.0 Å². The van der Waals surface area contributed by atoms with Crippen LogP contribution in [0.4, 0.5) is 0 Å². The van der Waals surface area contributed by atoms with E-state index >= 15 is 0 Å². The maximum Gasteiger partial charge on any atom is 0.265 e. The molecule has 0 saturated carbocycles. The Hall–Kier alpha value is -2.89. The van der Waals surface area contributed by atoms with E-state index in [1.165, 1.54) is 4.40 Å². The number of pyridine rings is 1. The van der Waals surface area contributed by atoms with Gasteiger partial charge in [-0.15, -0.1) is 0 Å². The fraction of sp³-hybridized carbons (Fsp3) is 0.0500. The van der Waals surface area contributed by atoms with E-state index in [1.54, 1.807) is 42.6 Å². The number of benzene rings is 2. The Labute approximate surface area is 164 Å². The van der Waals surface area contributed by atoms with Gasteiger partial charge >= 0.3 is 0 Å². The Balaban J connectivity index is 1.76. The molecule has 1 N–H and O–H groups in total. The molecule has 4 aromatic rings. The first-order chi connectivity index (χ1) is 13.0. The summed E-state index contributed by atoms with van der Waals surface area (Å²) < 4.78 is 1.35. The molecule has 0 atom stereocenters. The van der Waals surface area contributed by atoms with Gasteiger partial charge in [0.05, 0.1) is 16.5 Å². The summed E-state index contributed by atoms with van der Waals surface area (Å²) in [6.07, 6.45) is 1.58. The Morgan fingerprint density at radius 2 is 1.89 bits per heavy atom. The fourth-order valence-electron chi connectivity index (χ4n) is 2.89. The van der Waals surface area contributed by atoms with Gasteiger partial charge in [0.1, 0.15) is 0 Å². The predicted molar refractivity (Wildman–Crippen MR) is 107 cm³/mol. The molecule has 0 bridgehead atoms. The number of halogens is 2. The predicted octanol–water partition coefficient (Wildman–Crippen LogP) is 4.08. The molecule has 0 saturated heterocycles. The number of carbonyl (C=O) groups excluding carboxylic acids is 1. The summed E-state index contributed by atoms with van der Waals surface area (Å²) in [5, 5.41) is 4.25. The number of fused-ring (bicyclic) bond motifs is 2. The highest BCUT2D eigenvalue weighted by Gasteiger charge is 2.14. The average Bonchev–Trinajstić information content (AvgIpc) is 2.67. The largest absolute Gasteiger partial charge is 0.348 e. The van der Waals surface area contributed by atoms with Crippen molar-refractivity contribution in [3.63, 3.8) is 0 Å². The van der Waals surface area contributed by atoms with E-state index in [9.17, 15) is 9.59 Å². The fourth-order valence-corrected chi connectivity index (χ4v) is 3.26. The number of nitrogens with one attached hydrogen (secondary N) is 1. The molecule has 4 rings (SSSR count). The van der Waals surface area contributed by atoms with Gasteiger partial charge in [0, 0.05) is 22.8 Å². The van der Waals surface area contributed by atoms with Crippen LogP contribution >= 0.6 is 23.2 Å². The summed E-state index contributed by atoms with van der Waals surface area (Å²) in [5.41, 5.74) is 1.60. The smallest absolute Gasteiger partial charge is 0.265 e. The molecule has 0 radical (unpaired) electrons. The summed E-state index contributed by atoms with van der Waals surface area (Å²) in [5.74, 6) is -0.340. The summed E-state index contributed by atoms with van der Waals surface area (Å²) in [7, 11) is 0. The summed E-state index contributed by atoms with van der Waals surface area (Å²) >= 11 is 12.1. The molecular weight excluding hydrogens is 385 g/mol. The average molecular weight is 398 g/mol. The molecule has 0 aliphatic heterocycles. The van der Waals surface area contributed by atoms with Crippen LogP contribution in [0.5, 0.6) is 0 Å². The third kappa shape index (κ3) is 3.27. The summed E-state index contributed by atoms with van der Waals surface area (Å²) in [6.45, 7) is 0.271. The van der Waals surface area contributed by atoms with Crippen LogP contribution in [0.1, 0.15) is 15.9 Å². The van der Waals surface area contributed by atoms with Crippen molar-refractivity contribution in [1.82, 2.24) is 14.7 Å². The number of hydrogen-bond acceptors (Lipinski definition) is 3. The third-order valence-corrected chi connectivity index (χ3v) is 4.85. The second-order valence-electron chi connectivity index (χ2n) is 5.97. The van der Waals surface area contributed by atoms with Crippen molar-refractivity contribution in [1.29, 1.82) is 0 Å². The van der Waals surface area contributed by atoms with Gasteiger partial charge in [-0.25, -0.2) is 4.98 Å². The highest BCUT2D eigenvalue weighted by atomic mass is 35.5. The van der Waals surface area contributed by atoms with E-state index in [-0.39, 0.29) is 23.7 Å². The maximum atomic E-state index is 12.8. The number of amides is 1. The standard InChI is InChI=1S/C20H13Cl2N3O2/c21-13-7-8-17-15(10-13)20(27)25-9-3-5-14(18(25)24-17)19(26)23-11-12-4-1-2-6-16(12)22/h1-10H,11H2,(H,23,26). The molecule has 2 heterocycles. The highest BCUT2D eigenvalue weighted by molar-refractivity contribution is 6.31. The zero-order chi connectivity index (χ0) is 19.0. The Morgan fingerprint density at radius 3 is 2.70 bits per heavy atom. The quantitative estimate of drug-likeness (QED) is 0.529. The van der Waals surface area contributed by atoms with E-state index in [0.29, 0.717) is 26.5 Å². The lowest BCUT2D eigenvalue weighted by Crippen LogP contribution is -2.25. The molecule has 1 amide bonds. The zero-order valence-electron chi connectivity index (χ0n) is 13.9. The number of carbonyl (C=O) groups is 1. The van der Waals surface area contributed by atoms with Crippen molar-refractivity contribution >= 4 is 45.7 Å². The van der Waals surface area contributed by atoms with E-state index in [0.717, 1.165) is 5.56 Å². The molecule has 5 nitrogen and oxygen atoms in total. The van der Waals surface area contributed by atoms with Crippen LogP contribution in [-0.4, -0.2) is 15.3 Å². The second-order valence-corrected chi connectivity index (χ2v) is 6.81. The molecule has 2 aromatic heterocycles. The minimum absolute atomic E-state index is 0.271. The van der Waals surface area contributed by atoms with Crippen LogP contribution in [0.25, 0.3) is 16.6 Å². The Morgan fingerprint density at radius 1 is 1.07 bits per heavy atom. The minimum Gasteiger partial charge on any atom is -0.348 e. The normalized spacial score (nSPS) is 11.0. The molecule has 7 heteroatoms. The van der Waals surface area contributed by atoms with E-state index in [1.807, 2.05) is 18.2 Å². The van der Waals surface area contributed by atoms with Gasteiger partial charge in [0.15, 0.2) is 5.65 Å². The SMILES string of the molecule is O=C(NCc1ccccc1Cl)c1cccn2c(=O)c3cc(Cl)ccc3nc12. The van der Waals surface area contributed by atoms with E-state index in [2.05, 4.69) is 10.3 Å². The molecule has 0 aliphatic rings. The monoisotopic (exact) mass is 397 g/mol. The number of nitrogens with zero attached hydrogens (tertiary/aromatic N) is 2. The van der Waals surface area contributed by atoms with Gasteiger partial charge in [-0.05, 0) is 42.0 Å². The molecule has 27 heavy (non-hydrogen) atoms. The van der Waals surface area contributed by atoms with E-state index < -0.39 is 0 Å². The first-order valence-electron chi connectivity index (χ1n) is 8.17. The van der Waals surface area contributed by atoms with Crippen LogP contribution in [0.3, 0.4) is 0 Å².